The monoisotopic (exact) mass is 421 g/mol. The van der Waals surface area contributed by atoms with E-state index in [0.717, 1.165) is 18.2 Å². The van der Waals surface area contributed by atoms with Crippen molar-refractivity contribution >= 4 is 34.8 Å². The molecule has 1 fully saturated rings. The number of furan rings is 1. The average Bonchev–Trinajstić information content (AvgIpc) is 3.38. The summed E-state index contributed by atoms with van der Waals surface area (Å²) in [5.41, 5.74) is 1.70. The summed E-state index contributed by atoms with van der Waals surface area (Å²) in [4.78, 5) is 38.4. The van der Waals surface area contributed by atoms with Crippen molar-refractivity contribution < 1.29 is 23.2 Å². The van der Waals surface area contributed by atoms with Gasteiger partial charge in [-0.05, 0) is 61.9 Å². The largest absolute Gasteiger partial charge is 0.469 e. The lowest BCUT2D eigenvalue weighted by Crippen LogP contribution is -2.23. The van der Waals surface area contributed by atoms with Crippen LogP contribution in [0.2, 0.25) is 0 Å². The quantitative estimate of drug-likeness (QED) is 0.640. The summed E-state index contributed by atoms with van der Waals surface area (Å²) in [5.74, 6) is -1.05. The molecule has 0 bridgehead atoms. The second kappa shape index (κ2) is 8.43. The first kappa shape index (κ1) is 20.3. The van der Waals surface area contributed by atoms with E-state index in [2.05, 4.69) is 10.6 Å². The number of aryl methyl sites for hydroxylation is 1. The zero-order valence-corrected chi connectivity index (χ0v) is 16.8. The molecular formula is C23H20FN3O4. The van der Waals surface area contributed by atoms with Gasteiger partial charge in [0, 0.05) is 29.9 Å². The van der Waals surface area contributed by atoms with Crippen molar-refractivity contribution in [1.82, 2.24) is 0 Å². The molecule has 0 saturated carbocycles. The summed E-state index contributed by atoms with van der Waals surface area (Å²) in [6.07, 6.45) is 2.73. The highest BCUT2D eigenvalue weighted by molar-refractivity contribution is 6.07. The number of hydrogen-bond donors (Lipinski definition) is 2. The molecule has 31 heavy (non-hydrogen) atoms. The molecule has 0 spiro atoms. The SMILES string of the molecule is Cc1occc1C(=O)Nc1cc(NC(=O)c2ccc(N3CCCC3=O)cc2)ccc1F. The van der Waals surface area contributed by atoms with E-state index in [4.69, 9.17) is 4.42 Å². The molecule has 0 radical (unpaired) electrons. The molecule has 1 aliphatic heterocycles. The second-order valence-electron chi connectivity index (χ2n) is 7.19. The summed E-state index contributed by atoms with van der Waals surface area (Å²) in [6, 6.07) is 12.1. The first-order valence-electron chi connectivity index (χ1n) is 9.79. The fourth-order valence-electron chi connectivity index (χ4n) is 3.43. The molecule has 1 saturated heterocycles. The predicted octanol–water partition coefficient (Wildman–Crippen LogP) is 4.36. The number of halogens is 1. The van der Waals surface area contributed by atoms with Gasteiger partial charge >= 0.3 is 0 Å². The molecule has 3 aromatic rings. The van der Waals surface area contributed by atoms with Gasteiger partial charge in [-0.1, -0.05) is 0 Å². The van der Waals surface area contributed by atoms with Crippen LogP contribution < -0.4 is 15.5 Å². The van der Waals surface area contributed by atoms with Crippen LogP contribution in [-0.2, 0) is 4.79 Å². The van der Waals surface area contributed by atoms with Gasteiger partial charge in [-0.3, -0.25) is 14.4 Å². The van der Waals surface area contributed by atoms with Crippen LogP contribution >= 0.6 is 0 Å². The summed E-state index contributed by atoms with van der Waals surface area (Å²) >= 11 is 0. The number of nitrogens with one attached hydrogen (secondary N) is 2. The Morgan fingerprint density at radius 2 is 1.81 bits per heavy atom. The van der Waals surface area contributed by atoms with Crippen molar-refractivity contribution in [2.75, 3.05) is 22.1 Å². The molecule has 1 aliphatic rings. The fourth-order valence-corrected chi connectivity index (χ4v) is 3.43. The molecule has 0 atom stereocenters. The smallest absolute Gasteiger partial charge is 0.259 e. The number of benzene rings is 2. The zero-order chi connectivity index (χ0) is 22.0. The van der Waals surface area contributed by atoms with Crippen LogP contribution in [0.4, 0.5) is 21.5 Å². The molecule has 2 heterocycles. The molecule has 0 aliphatic carbocycles. The first-order valence-corrected chi connectivity index (χ1v) is 9.79. The van der Waals surface area contributed by atoms with Crippen molar-refractivity contribution in [3.8, 4) is 0 Å². The summed E-state index contributed by atoms with van der Waals surface area (Å²) < 4.78 is 19.3. The highest BCUT2D eigenvalue weighted by Gasteiger charge is 2.22. The Kier molecular flexibility index (Phi) is 5.53. The van der Waals surface area contributed by atoms with Gasteiger partial charge in [0.1, 0.15) is 11.6 Å². The third-order valence-electron chi connectivity index (χ3n) is 5.09. The van der Waals surface area contributed by atoms with Crippen molar-refractivity contribution in [2.24, 2.45) is 0 Å². The van der Waals surface area contributed by atoms with Crippen LogP contribution in [-0.4, -0.2) is 24.3 Å². The van der Waals surface area contributed by atoms with Gasteiger partial charge in [0.2, 0.25) is 5.91 Å². The predicted molar refractivity (Wildman–Crippen MR) is 114 cm³/mol. The van der Waals surface area contributed by atoms with E-state index in [1.165, 1.54) is 24.5 Å². The van der Waals surface area contributed by atoms with Gasteiger partial charge in [-0.25, -0.2) is 4.39 Å². The molecule has 2 N–H and O–H groups in total. The molecule has 4 rings (SSSR count). The number of anilines is 3. The van der Waals surface area contributed by atoms with Crippen LogP contribution in [0.3, 0.4) is 0 Å². The summed E-state index contributed by atoms with van der Waals surface area (Å²) in [6.45, 7) is 2.31. The molecular weight excluding hydrogens is 401 g/mol. The van der Waals surface area contributed by atoms with E-state index in [1.807, 2.05) is 0 Å². The Labute approximate surface area is 177 Å². The number of carbonyl (C=O) groups excluding carboxylic acids is 3. The van der Waals surface area contributed by atoms with Gasteiger partial charge in [-0.15, -0.1) is 0 Å². The molecule has 3 amide bonds. The Hall–Kier alpha value is -3.94. The first-order chi connectivity index (χ1) is 14.9. The van der Waals surface area contributed by atoms with Crippen LogP contribution in [0.5, 0.6) is 0 Å². The highest BCUT2D eigenvalue weighted by atomic mass is 19.1. The molecule has 2 aromatic carbocycles. The van der Waals surface area contributed by atoms with E-state index in [0.29, 0.717) is 35.5 Å². The van der Waals surface area contributed by atoms with Crippen LogP contribution in [0, 0.1) is 12.7 Å². The van der Waals surface area contributed by atoms with E-state index < -0.39 is 17.6 Å². The lowest BCUT2D eigenvalue weighted by atomic mass is 10.1. The van der Waals surface area contributed by atoms with Crippen molar-refractivity contribution in [3.63, 3.8) is 0 Å². The van der Waals surface area contributed by atoms with Crippen molar-refractivity contribution in [2.45, 2.75) is 19.8 Å². The third kappa shape index (κ3) is 4.32. The lowest BCUT2D eigenvalue weighted by molar-refractivity contribution is -0.117. The maximum atomic E-state index is 14.2. The van der Waals surface area contributed by atoms with E-state index in [1.54, 1.807) is 36.1 Å². The summed E-state index contributed by atoms with van der Waals surface area (Å²) in [5, 5.41) is 5.17. The molecule has 8 heteroatoms. The van der Waals surface area contributed by atoms with Gasteiger partial charge in [0.05, 0.1) is 17.5 Å². The minimum atomic E-state index is -0.632. The molecule has 158 valence electrons. The topological polar surface area (TPSA) is 91.7 Å². The maximum absolute atomic E-state index is 14.2. The Balaban J connectivity index is 1.46. The molecule has 1 aromatic heterocycles. The summed E-state index contributed by atoms with van der Waals surface area (Å²) in [7, 11) is 0. The fraction of sp³-hybridized carbons (Fsp3) is 0.174. The van der Waals surface area contributed by atoms with E-state index >= 15 is 0 Å². The van der Waals surface area contributed by atoms with E-state index in [9.17, 15) is 18.8 Å². The minimum Gasteiger partial charge on any atom is -0.469 e. The molecule has 0 unspecified atom stereocenters. The normalized spacial score (nSPS) is 13.4. The number of hydrogen-bond acceptors (Lipinski definition) is 4. The Morgan fingerprint density at radius 3 is 2.45 bits per heavy atom. The van der Waals surface area contributed by atoms with Gasteiger partial charge in [0.25, 0.3) is 11.8 Å². The Morgan fingerprint density at radius 1 is 1.03 bits per heavy atom. The Bertz CT molecular complexity index is 1150. The van der Waals surface area contributed by atoms with Gasteiger partial charge in [0.15, 0.2) is 0 Å². The second-order valence-corrected chi connectivity index (χ2v) is 7.19. The molecule has 7 nitrogen and oxygen atoms in total. The van der Waals surface area contributed by atoms with Crippen molar-refractivity contribution in [3.05, 3.63) is 77.5 Å². The lowest BCUT2D eigenvalue weighted by Gasteiger charge is -2.16. The van der Waals surface area contributed by atoms with Crippen LogP contribution in [0.25, 0.3) is 0 Å². The zero-order valence-electron chi connectivity index (χ0n) is 16.8. The number of rotatable bonds is 5. The van der Waals surface area contributed by atoms with Gasteiger partial charge in [-0.2, -0.15) is 0 Å². The van der Waals surface area contributed by atoms with E-state index in [-0.39, 0.29) is 11.6 Å². The number of carbonyl (C=O) groups is 3. The standard InChI is InChI=1S/C23H20FN3O4/c1-14-18(10-12-31-14)23(30)26-20-13-16(6-9-19(20)24)25-22(29)15-4-7-17(8-5-15)27-11-2-3-21(27)28/h4-10,12-13H,2-3,11H2,1H3,(H,25,29)(H,26,30). The van der Waals surface area contributed by atoms with Gasteiger partial charge < -0.3 is 20.0 Å². The highest BCUT2D eigenvalue weighted by Crippen LogP contribution is 2.24. The average molecular weight is 421 g/mol. The van der Waals surface area contributed by atoms with Crippen LogP contribution in [0.15, 0.2) is 59.2 Å². The maximum Gasteiger partial charge on any atom is 0.259 e. The minimum absolute atomic E-state index is 0.0636. The van der Waals surface area contributed by atoms with Crippen LogP contribution in [0.1, 0.15) is 39.3 Å². The third-order valence-corrected chi connectivity index (χ3v) is 5.09. The number of amides is 3. The number of nitrogens with zero attached hydrogens (tertiary/aromatic N) is 1. The van der Waals surface area contributed by atoms with Crippen molar-refractivity contribution in [1.29, 1.82) is 0 Å².